The van der Waals surface area contributed by atoms with Crippen molar-refractivity contribution < 1.29 is 0 Å². The van der Waals surface area contributed by atoms with E-state index in [0.717, 1.165) is 78.1 Å². The van der Waals surface area contributed by atoms with E-state index >= 15 is 0 Å². The third kappa shape index (κ3) is 4.36. The van der Waals surface area contributed by atoms with Gasteiger partial charge in [0, 0.05) is 51.6 Å². The molecule has 0 bridgehead atoms. The second kappa shape index (κ2) is 10.2. The normalized spacial score (nSPS) is 13.4. The van der Waals surface area contributed by atoms with Gasteiger partial charge >= 0.3 is 0 Å². The van der Waals surface area contributed by atoms with Crippen molar-refractivity contribution in [3.05, 3.63) is 162 Å². The maximum Gasteiger partial charge on any atom is 0.165 e. The van der Waals surface area contributed by atoms with Crippen LogP contribution in [-0.4, -0.2) is 24.3 Å². The lowest BCUT2D eigenvalue weighted by molar-refractivity contribution is 1.19. The van der Waals surface area contributed by atoms with Crippen LogP contribution in [0.4, 0.5) is 0 Å². The maximum absolute atomic E-state index is 5.17. The van der Waals surface area contributed by atoms with Gasteiger partial charge in [-0.05, 0) is 66.6 Å². The van der Waals surface area contributed by atoms with Crippen LogP contribution in [0.2, 0.25) is 0 Å². The highest BCUT2D eigenvalue weighted by atomic mass is 15.1. The number of nitrogens with zero attached hydrogens (tertiary/aromatic N) is 5. The van der Waals surface area contributed by atoms with E-state index in [-0.39, 0.29) is 0 Å². The summed E-state index contributed by atoms with van der Waals surface area (Å²) in [5, 5.41) is 2.17. The number of hydrogen-bond donors (Lipinski definition) is 0. The average molecular weight is 552 g/mol. The number of fused-ring (bicyclic) bond motifs is 5. The first-order valence-electron chi connectivity index (χ1n) is 14.2. The molecule has 202 valence electrons. The summed E-state index contributed by atoms with van der Waals surface area (Å²) >= 11 is 0. The Bertz CT molecular complexity index is 2300. The molecular formula is C38H25N5. The monoisotopic (exact) mass is 551 g/mol. The topological polar surface area (TPSA) is 56.0 Å². The molecule has 0 radical (unpaired) electrons. The molecule has 5 aromatic heterocycles. The summed E-state index contributed by atoms with van der Waals surface area (Å²) in [6, 6.07) is 35.0. The molecule has 0 unspecified atom stereocenters. The molecule has 43 heavy (non-hydrogen) atoms. The Labute approximate surface area is 248 Å². The molecule has 0 spiro atoms. The maximum atomic E-state index is 5.17. The van der Waals surface area contributed by atoms with Gasteiger partial charge in [-0.2, -0.15) is 0 Å². The van der Waals surface area contributed by atoms with Gasteiger partial charge < -0.3 is 0 Å². The third-order valence-corrected chi connectivity index (χ3v) is 7.86. The van der Waals surface area contributed by atoms with E-state index in [1.54, 1.807) is 0 Å². The molecule has 0 amide bonds. The molecule has 5 heteroatoms. The van der Waals surface area contributed by atoms with Crippen LogP contribution in [0.15, 0.2) is 145 Å². The van der Waals surface area contributed by atoms with E-state index in [1.807, 2.05) is 73.2 Å². The Balaban J connectivity index is 1.28. The zero-order valence-corrected chi connectivity index (χ0v) is 23.4. The lowest BCUT2D eigenvalue weighted by Crippen LogP contribution is -1.93. The van der Waals surface area contributed by atoms with Crippen molar-refractivity contribution >= 4 is 44.3 Å². The summed E-state index contributed by atoms with van der Waals surface area (Å²) in [6.45, 7) is 2.08. The van der Waals surface area contributed by atoms with Gasteiger partial charge in [0.2, 0.25) is 0 Å². The molecular weight excluding hydrogens is 526 g/mol. The van der Waals surface area contributed by atoms with Crippen LogP contribution in [-0.2, 0) is 0 Å². The molecule has 5 heterocycles. The second-order valence-electron chi connectivity index (χ2n) is 10.5. The van der Waals surface area contributed by atoms with Crippen LogP contribution >= 0.6 is 0 Å². The van der Waals surface area contributed by atoms with Crippen molar-refractivity contribution in [1.29, 1.82) is 0 Å². The van der Waals surface area contributed by atoms with Crippen molar-refractivity contribution in [3.63, 3.8) is 0 Å². The van der Waals surface area contributed by atoms with E-state index in [4.69, 9.17) is 9.97 Å². The SMILES string of the molecule is CC1=C=C(c2ccccn2)C=C(c2ccc(-c3nc4c(nc5ccccn54)c4ccccc34)cc2)C=C1c1ccccn1. The van der Waals surface area contributed by atoms with Gasteiger partial charge in [0.05, 0.1) is 17.1 Å². The molecule has 8 rings (SSSR count). The second-order valence-corrected chi connectivity index (χ2v) is 10.5. The highest BCUT2D eigenvalue weighted by Gasteiger charge is 2.16. The minimum Gasteiger partial charge on any atom is -0.284 e. The zero-order valence-electron chi connectivity index (χ0n) is 23.4. The van der Waals surface area contributed by atoms with Gasteiger partial charge in [0.1, 0.15) is 11.2 Å². The van der Waals surface area contributed by atoms with Crippen molar-refractivity contribution in [3.8, 4) is 11.3 Å². The molecule has 0 atom stereocenters. The summed E-state index contributed by atoms with van der Waals surface area (Å²) < 4.78 is 2.06. The van der Waals surface area contributed by atoms with E-state index in [2.05, 4.69) is 87.7 Å². The van der Waals surface area contributed by atoms with Gasteiger partial charge in [0.15, 0.2) is 5.65 Å². The number of rotatable bonds is 4. The highest BCUT2D eigenvalue weighted by molar-refractivity contribution is 6.09. The van der Waals surface area contributed by atoms with Crippen molar-refractivity contribution in [2.45, 2.75) is 6.92 Å². The van der Waals surface area contributed by atoms with Crippen LogP contribution in [0, 0.1) is 0 Å². The fourth-order valence-corrected chi connectivity index (χ4v) is 5.75. The van der Waals surface area contributed by atoms with Crippen LogP contribution in [0.3, 0.4) is 0 Å². The summed E-state index contributed by atoms with van der Waals surface area (Å²) in [5.74, 6) is 0. The Hall–Kier alpha value is -5.90. The molecule has 1 aliphatic rings. The minimum atomic E-state index is 0.856. The summed E-state index contributed by atoms with van der Waals surface area (Å²) in [7, 11) is 0. The number of hydrogen-bond acceptors (Lipinski definition) is 4. The molecule has 5 nitrogen and oxygen atoms in total. The number of benzene rings is 2. The smallest absolute Gasteiger partial charge is 0.165 e. The Morgan fingerprint density at radius 3 is 2.09 bits per heavy atom. The van der Waals surface area contributed by atoms with Crippen LogP contribution in [0.1, 0.15) is 23.9 Å². The Morgan fingerprint density at radius 1 is 0.628 bits per heavy atom. The summed E-state index contributed by atoms with van der Waals surface area (Å²) in [4.78, 5) is 19.3. The number of pyridine rings is 4. The standard InChI is InChI=1S/C38H25N5/c1-25-22-29(33-12-4-7-19-39-33)23-28(24-32(25)34-13-5-8-20-40-34)26-15-17-27(18-16-26)36-30-10-2-3-11-31(30)37-38(42-36)43-21-9-6-14-35(43)41-37/h2-21,23-24H,1H3. The molecule has 7 aromatic rings. The third-order valence-electron chi connectivity index (χ3n) is 7.86. The van der Waals surface area contributed by atoms with Crippen LogP contribution in [0.5, 0.6) is 0 Å². The van der Waals surface area contributed by atoms with E-state index in [9.17, 15) is 0 Å². The number of aromatic nitrogens is 5. The van der Waals surface area contributed by atoms with Gasteiger partial charge in [-0.25, -0.2) is 9.97 Å². The minimum absolute atomic E-state index is 0.856. The largest absolute Gasteiger partial charge is 0.284 e. The van der Waals surface area contributed by atoms with Crippen molar-refractivity contribution in [2.75, 3.05) is 0 Å². The fraction of sp³-hybridized carbons (Fsp3) is 0.0263. The quantitative estimate of drug-likeness (QED) is 0.206. The molecule has 1 aliphatic carbocycles. The molecule has 0 saturated carbocycles. The van der Waals surface area contributed by atoms with Crippen LogP contribution < -0.4 is 0 Å². The van der Waals surface area contributed by atoms with Gasteiger partial charge in [-0.3, -0.25) is 14.4 Å². The summed E-state index contributed by atoms with van der Waals surface area (Å²) in [6.07, 6.45) is 10.0. The van der Waals surface area contributed by atoms with Crippen molar-refractivity contribution in [2.24, 2.45) is 0 Å². The van der Waals surface area contributed by atoms with Crippen molar-refractivity contribution in [1.82, 2.24) is 24.3 Å². The Morgan fingerprint density at radius 2 is 1.33 bits per heavy atom. The van der Waals surface area contributed by atoms with Gasteiger partial charge in [0.25, 0.3) is 0 Å². The van der Waals surface area contributed by atoms with E-state index < -0.39 is 0 Å². The Kier molecular flexibility index (Phi) is 5.89. The van der Waals surface area contributed by atoms with Crippen LogP contribution in [0.25, 0.3) is 55.6 Å². The fourth-order valence-electron chi connectivity index (χ4n) is 5.75. The molecule has 0 saturated heterocycles. The first kappa shape index (κ1) is 24.9. The van der Waals surface area contributed by atoms with Gasteiger partial charge in [-0.15, -0.1) is 5.73 Å². The molecule has 0 fully saturated rings. The average Bonchev–Trinajstić information content (AvgIpc) is 3.36. The predicted octanol–water partition coefficient (Wildman–Crippen LogP) is 8.60. The lowest BCUT2D eigenvalue weighted by atomic mass is 9.96. The van der Waals surface area contributed by atoms with E-state index in [0.29, 0.717) is 0 Å². The zero-order chi connectivity index (χ0) is 28.8. The lowest BCUT2D eigenvalue weighted by Gasteiger charge is -2.10. The summed E-state index contributed by atoms with van der Waals surface area (Å²) in [5.41, 5.74) is 15.2. The van der Waals surface area contributed by atoms with E-state index in [1.165, 1.54) is 0 Å². The predicted molar refractivity (Wildman–Crippen MR) is 174 cm³/mol. The molecule has 2 aromatic carbocycles. The number of allylic oxidation sites excluding steroid dienone is 5. The highest BCUT2D eigenvalue weighted by Crippen LogP contribution is 2.35. The number of imidazole rings is 1. The molecule has 0 N–H and O–H groups in total. The molecule has 0 aliphatic heterocycles. The van der Waals surface area contributed by atoms with Gasteiger partial charge in [-0.1, -0.05) is 66.7 Å². The first-order valence-corrected chi connectivity index (χ1v) is 14.2. The first-order chi connectivity index (χ1) is 21.2.